The molecule has 1 aromatic heterocycles. The average Bonchev–Trinajstić information content (AvgIpc) is 2.70. The van der Waals surface area contributed by atoms with E-state index in [1.807, 2.05) is 18.7 Å². The van der Waals surface area contributed by atoms with Crippen LogP contribution in [0.25, 0.3) is 0 Å². The van der Waals surface area contributed by atoms with Gasteiger partial charge in [-0.3, -0.25) is 4.68 Å². The summed E-state index contributed by atoms with van der Waals surface area (Å²) in [6.07, 6.45) is 4.62. The Hall–Kier alpha value is -0.870. The molecular formula is C14H25N3O. The molecule has 0 radical (unpaired) electrons. The largest absolute Gasteiger partial charge is 0.389 e. The first kappa shape index (κ1) is 13.6. The summed E-state index contributed by atoms with van der Waals surface area (Å²) in [5, 5.41) is 18.5. The molecular weight excluding hydrogens is 226 g/mol. The molecule has 1 aliphatic rings. The number of hydrogen-bond acceptors (Lipinski definition) is 3. The van der Waals surface area contributed by atoms with Gasteiger partial charge in [-0.25, -0.2) is 0 Å². The molecule has 102 valence electrons. The molecule has 1 aliphatic carbocycles. The van der Waals surface area contributed by atoms with Crippen LogP contribution >= 0.6 is 0 Å². The highest BCUT2D eigenvalue weighted by Gasteiger charge is 2.33. The lowest BCUT2D eigenvalue weighted by Crippen LogP contribution is -2.41. The van der Waals surface area contributed by atoms with Crippen molar-refractivity contribution in [1.29, 1.82) is 0 Å². The maximum Gasteiger partial charge on any atom is 0.0704 e. The van der Waals surface area contributed by atoms with Crippen LogP contribution < -0.4 is 5.32 Å². The van der Waals surface area contributed by atoms with E-state index < -0.39 is 5.60 Å². The highest BCUT2D eigenvalue weighted by atomic mass is 16.3. The quantitative estimate of drug-likeness (QED) is 0.855. The lowest BCUT2D eigenvalue weighted by Gasteiger charge is -2.36. The molecule has 2 N–H and O–H groups in total. The van der Waals surface area contributed by atoms with E-state index in [1.54, 1.807) is 0 Å². The van der Waals surface area contributed by atoms with Crippen molar-refractivity contribution in [3.05, 3.63) is 17.5 Å². The van der Waals surface area contributed by atoms with E-state index in [1.165, 1.54) is 5.69 Å². The fraction of sp³-hybridized carbons (Fsp3) is 0.786. The van der Waals surface area contributed by atoms with Crippen LogP contribution in [0.4, 0.5) is 0 Å². The van der Waals surface area contributed by atoms with Gasteiger partial charge in [0.25, 0.3) is 0 Å². The predicted octanol–water partition coefficient (Wildman–Crippen LogP) is 1.65. The molecule has 0 saturated heterocycles. The molecule has 4 heteroatoms. The summed E-state index contributed by atoms with van der Waals surface area (Å²) in [6.45, 7) is 4.98. The number of aromatic nitrogens is 2. The standard InChI is InChI=1S/C14H25N3O/c1-4-17-13(9-11(2)16-17)10-14(18)7-5-12(15-3)6-8-14/h9,12,15,18H,4-8,10H2,1-3H3. The summed E-state index contributed by atoms with van der Waals surface area (Å²) in [5.41, 5.74) is 1.67. The Kier molecular flexibility index (Phi) is 4.07. The molecule has 0 aromatic carbocycles. The predicted molar refractivity (Wildman–Crippen MR) is 72.6 cm³/mol. The van der Waals surface area contributed by atoms with Crippen LogP contribution in [-0.4, -0.2) is 33.6 Å². The van der Waals surface area contributed by atoms with Crippen molar-refractivity contribution in [2.75, 3.05) is 7.05 Å². The average molecular weight is 251 g/mol. The Morgan fingerprint density at radius 3 is 2.72 bits per heavy atom. The Labute approximate surface area is 109 Å². The Bertz CT molecular complexity index is 392. The number of rotatable bonds is 4. The lowest BCUT2D eigenvalue weighted by atomic mass is 9.79. The van der Waals surface area contributed by atoms with Gasteiger partial charge in [0.1, 0.15) is 0 Å². The van der Waals surface area contributed by atoms with Crippen molar-refractivity contribution >= 4 is 0 Å². The zero-order valence-electron chi connectivity index (χ0n) is 11.7. The summed E-state index contributed by atoms with van der Waals surface area (Å²) < 4.78 is 2.01. The van der Waals surface area contributed by atoms with Crippen LogP contribution in [0.15, 0.2) is 6.07 Å². The van der Waals surface area contributed by atoms with Gasteiger partial charge in [0.2, 0.25) is 0 Å². The van der Waals surface area contributed by atoms with Gasteiger partial charge in [0, 0.05) is 24.7 Å². The molecule has 0 amide bonds. The Morgan fingerprint density at radius 2 is 2.17 bits per heavy atom. The zero-order chi connectivity index (χ0) is 13.2. The topological polar surface area (TPSA) is 50.1 Å². The van der Waals surface area contributed by atoms with Crippen LogP contribution in [0.3, 0.4) is 0 Å². The number of aliphatic hydroxyl groups is 1. The first-order valence-electron chi connectivity index (χ1n) is 6.99. The number of aryl methyl sites for hydroxylation is 2. The van der Waals surface area contributed by atoms with Crippen LogP contribution in [0.5, 0.6) is 0 Å². The van der Waals surface area contributed by atoms with Crippen LogP contribution in [0, 0.1) is 6.92 Å². The molecule has 1 fully saturated rings. The lowest BCUT2D eigenvalue weighted by molar-refractivity contribution is -0.00404. The van der Waals surface area contributed by atoms with Crippen molar-refractivity contribution in [2.24, 2.45) is 0 Å². The van der Waals surface area contributed by atoms with E-state index >= 15 is 0 Å². The van der Waals surface area contributed by atoms with Gasteiger partial charge in [-0.2, -0.15) is 5.10 Å². The first-order chi connectivity index (χ1) is 8.56. The normalized spacial score (nSPS) is 28.6. The van der Waals surface area contributed by atoms with E-state index in [0.717, 1.165) is 44.3 Å². The smallest absolute Gasteiger partial charge is 0.0704 e. The highest BCUT2D eigenvalue weighted by Crippen LogP contribution is 2.31. The van der Waals surface area contributed by atoms with E-state index in [4.69, 9.17) is 0 Å². The van der Waals surface area contributed by atoms with Crippen molar-refractivity contribution in [3.63, 3.8) is 0 Å². The molecule has 0 spiro atoms. The minimum absolute atomic E-state index is 0.535. The van der Waals surface area contributed by atoms with Gasteiger partial charge >= 0.3 is 0 Å². The SMILES string of the molecule is CCn1nc(C)cc1CC1(O)CCC(NC)CC1. The molecule has 0 aliphatic heterocycles. The van der Waals surface area contributed by atoms with E-state index in [-0.39, 0.29) is 0 Å². The minimum Gasteiger partial charge on any atom is -0.389 e. The molecule has 18 heavy (non-hydrogen) atoms. The summed E-state index contributed by atoms with van der Waals surface area (Å²) in [6, 6.07) is 2.68. The molecule has 0 unspecified atom stereocenters. The Balaban J connectivity index is 2.04. The molecule has 1 saturated carbocycles. The fourth-order valence-corrected chi connectivity index (χ4v) is 2.97. The minimum atomic E-state index is -0.535. The second-order valence-corrected chi connectivity index (χ2v) is 5.56. The van der Waals surface area contributed by atoms with Crippen molar-refractivity contribution in [3.8, 4) is 0 Å². The summed E-state index contributed by atoms with van der Waals surface area (Å²) >= 11 is 0. The second-order valence-electron chi connectivity index (χ2n) is 5.56. The van der Waals surface area contributed by atoms with E-state index in [2.05, 4.69) is 23.4 Å². The number of nitrogens with zero attached hydrogens (tertiary/aromatic N) is 2. The zero-order valence-corrected chi connectivity index (χ0v) is 11.7. The van der Waals surface area contributed by atoms with Crippen LogP contribution in [-0.2, 0) is 13.0 Å². The van der Waals surface area contributed by atoms with Crippen molar-refractivity contribution in [2.45, 2.75) is 64.1 Å². The van der Waals surface area contributed by atoms with Crippen LogP contribution in [0.1, 0.15) is 44.0 Å². The van der Waals surface area contributed by atoms with Crippen molar-refractivity contribution in [1.82, 2.24) is 15.1 Å². The molecule has 1 heterocycles. The Morgan fingerprint density at radius 1 is 1.50 bits per heavy atom. The maximum absolute atomic E-state index is 10.7. The van der Waals surface area contributed by atoms with E-state index in [9.17, 15) is 5.11 Å². The first-order valence-corrected chi connectivity index (χ1v) is 6.99. The van der Waals surface area contributed by atoms with Gasteiger partial charge in [0.05, 0.1) is 11.3 Å². The fourth-order valence-electron chi connectivity index (χ4n) is 2.97. The third kappa shape index (κ3) is 2.93. The van der Waals surface area contributed by atoms with Crippen LogP contribution in [0.2, 0.25) is 0 Å². The molecule has 0 bridgehead atoms. The number of hydrogen-bond donors (Lipinski definition) is 2. The summed E-state index contributed by atoms with van der Waals surface area (Å²) in [4.78, 5) is 0. The number of nitrogens with one attached hydrogen (secondary N) is 1. The van der Waals surface area contributed by atoms with Gasteiger partial charge in [-0.05, 0) is 52.6 Å². The van der Waals surface area contributed by atoms with Gasteiger partial charge in [0.15, 0.2) is 0 Å². The molecule has 1 aromatic rings. The molecule has 2 rings (SSSR count). The van der Waals surface area contributed by atoms with Gasteiger partial charge in [-0.15, -0.1) is 0 Å². The molecule has 4 nitrogen and oxygen atoms in total. The van der Waals surface area contributed by atoms with E-state index in [0.29, 0.717) is 6.04 Å². The molecule has 0 atom stereocenters. The monoisotopic (exact) mass is 251 g/mol. The maximum atomic E-state index is 10.7. The van der Waals surface area contributed by atoms with Crippen molar-refractivity contribution < 1.29 is 5.11 Å². The van der Waals surface area contributed by atoms with Gasteiger partial charge < -0.3 is 10.4 Å². The van der Waals surface area contributed by atoms with Gasteiger partial charge in [-0.1, -0.05) is 0 Å². The third-order valence-electron chi connectivity index (χ3n) is 4.12. The third-order valence-corrected chi connectivity index (χ3v) is 4.12. The summed E-state index contributed by atoms with van der Waals surface area (Å²) in [5.74, 6) is 0. The second kappa shape index (κ2) is 5.41. The summed E-state index contributed by atoms with van der Waals surface area (Å²) in [7, 11) is 2.00. The highest BCUT2D eigenvalue weighted by molar-refractivity contribution is 5.12.